The highest BCUT2D eigenvalue weighted by atomic mass is 19.4. The second-order valence-corrected chi connectivity index (χ2v) is 8.51. The van der Waals surface area contributed by atoms with Crippen LogP contribution in [0.5, 0.6) is 0 Å². The lowest BCUT2D eigenvalue weighted by Gasteiger charge is -2.42. The number of piperidine rings is 2. The molecule has 0 aromatic carbocycles. The van der Waals surface area contributed by atoms with Gasteiger partial charge in [-0.05, 0) is 45.1 Å². The number of halogens is 3. The van der Waals surface area contributed by atoms with Crippen LogP contribution in [0.2, 0.25) is 0 Å². The maximum absolute atomic E-state index is 13.1. The summed E-state index contributed by atoms with van der Waals surface area (Å²) >= 11 is 0. The van der Waals surface area contributed by atoms with Crippen molar-refractivity contribution in [3.8, 4) is 6.07 Å². The number of carbonyl (C=O) groups excluding carboxylic acids is 2. The van der Waals surface area contributed by atoms with Crippen LogP contribution in [0.25, 0.3) is 0 Å². The van der Waals surface area contributed by atoms with Gasteiger partial charge in [-0.2, -0.15) is 18.4 Å². The third kappa shape index (κ3) is 4.95. The lowest BCUT2D eigenvalue weighted by Crippen LogP contribution is -2.63. The van der Waals surface area contributed by atoms with E-state index in [-0.39, 0.29) is 48.7 Å². The van der Waals surface area contributed by atoms with Gasteiger partial charge in [-0.1, -0.05) is 0 Å². The molecule has 2 amide bonds. The van der Waals surface area contributed by atoms with Crippen molar-refractivity contribution >= 4 is 11.8 Å². The number of alkyl halides is 3. The average molecular weight is 427 g/mol. The first-order chi connectivity index (χ1) is 14.1. The van der Waals surface area contributed by atoms with Gasteiger partial charge in [-0.3, -0.25) is 14.9 Å². The van der Waals surface area contributed by atoms with Gasteiger partial charge in [-0.25, -0.2) is 0 Å². The summed E-state index contributed by atoms with van der Waals surface area (Å²) in [6, 6.07) is -0.587. The summed E-state index contributed by atoms with van der Waals surface area (Å²) in [7, 11) is 0. The molecular weight excluding hydrogens is 399 g/mol. The normalized spacial score (nSPS) is 33.2. The van der Waals surface area contributed by atoms with Crippen LogP contribution in [0.1, 0.15) is 46.0 Å². The number of nitriles is 1. The minimum absolute atomic E-state index is 0.0284. The minimum Gasteiger partial charge on any atom is -0.352 e. The van der Waals surface area contributed by atoms with E-state index in [9.17, 15) is 22.8 Å². The van der Waals surface area contributed by atoms with Gasteiger partial charge in [0.05, 0.1) is 18.4 Å². The van der Waals surface area contributed by atoms with E-state index in [1.54, 1.807) is 6.92 Å². The van der Waals surface area contributed by atoms with E-state index in [1.165, 1.54) is 0 Å². The molecule has 10 heteroatoms. The molecule has 166 valence electrons. The van der Waals surface area contributed by atoms with Crippen molar-refractivity contribution in [1.82, 2.24) is 21.3 Å². The minimum atomic E-state index is -4.35. The van der Waals surface area contributed by atoms with E-state index in [0.717, 1.165) is 12.8 Å². The van der Waals surface area contributed by atoms with E-state index >= 15 is 0 Å². The molecule has 3 aliphatic heterocycles. The second kappa shape index (κ2) is 8.94. The van der Waals surface area contributed by atoms with Crippen molar-refractivity contribution in [1.29, 1.82) is 5.26 Å². The number of carbonyl (C=O) groups is 2. The van der Waals surface area contributed by atoms with Crippen LogP contribution < -0.4 is 21.3 Å². The molecule has 0 spiro atoms. The molecule has 3 heterocycles. The molecule has 3 aliphatic rings. The third-order valence-corrected chi connectivity index (χ3v) is 6.44. The van der Waals surface area contributed by atoms with Crippen LogP contribution in [0.15, 0.2) is 11.1 Å². The zero-order valence-corrected chi connectivity index (χ0v) is 17.1. The van der Waals surface area contributed by atoms with E-state index in [0.29, 0.717) is 12.1 Å². The molecule has 30 heavy (non-hydrogen) atoms. The van der Waals surface area contributed by atoms with Crippen LogP contribution in [-0.2, 0) is 9.59 Å². The zero-order valence-electron chi connectivity index (χ0n) is 17.1. The Morgan fingerprint density at radius 2 is 2.03 bits per heavy atom. The van der Waals surface area contributed by atoms with Crippen molar-refractivity contribution in [3.05, 3.63) is 11.1 Å². The molecule has 0 aromatic heterocycles. The number of rotatable bonds is 4. The van der Waals surface area contributed by atoms with Gasteiger partial charge in [0.2, 0.25) is 11.8 Å². The number of amides is 2. The van der Waals surface area contributed by atoms with Gasteiger partial charge < -0.3 is 16.0 Å². The summed E-state index contributed by atoms with van der Waals surface area (Å²) in [5.41, 5.74) is 0.713. The van der Waals surface area contributed by atoms with Crippen LogP contribution in [0, 0.1) is 17.2 Å². The van der Waals surface area contributed by atoms with Crippen molar-refractivity contribution in [3.63, 3.8) is 0 Å². The molecule has 2 fully saturated rings. The molecule has 0 radical (unpaired) electrons. The number of nitrogens with one attached hydrogen (secondary N) is 4. The molecule has 0 aliphatic carbocycles. The van der Waals surface area contributed by atoms with Gasteiger partial charge in [0.15, 0.2) is 0 Å². The molecule has 6 atom stereocenters. The summed E-state index contributed by atoms with van der Waals surface area (Å²) in [6.07, 6.45) is -2.87. The molecule has 7 nitrogen and oxygen atoms in total. The first kappa shape index (κ1) is 22.6. The summed E-state index contributed by atoms with van der Waals surface area (Å²) in [4.78, 5) is 25.0. The fourth-order valence-electron chi connectivity index (χ4n) is 4.59. The SMILES string of the molecule is CC1=C(CC(=O)N[C@H](C)C2CCC(C#N)CN2)C(=O)NC2CCC(C(F)(F)F)NC12. The zero-order chi connectivity index (χ0) is 22.1. The Morgan fingerprint density at radius 3 is 2.63 bits per heavy atom. The standard InChI is InChI=1S/C20H28F3N5O2/c1-10-13(7-17(29)26-11(2)14-4-3-12(8-24)9-25-14)19(30)27-15-5-6-16(20(21,22)23)28-18(10)15/h11-12,14-16,18,25,28H,3-7,9H2,1-2H3,(H,26,29)(H,27,30)/t11-,12?,14?,15?,16?,18?/m1/s1. The lowest BCUT2D eigenvalue weighted by molar-refractivity contribution is -0.163. The maximum Gasteiger partial charge on any atom is 0.403 e. The summed E-state index contributed by atoms with van der Waals surface area (Å²) in [6.45, 7) is 4.05. The Hall–Kier alpha value is -2.12. The monoisotopic (exact) mass is 427 g/mol. The third-order valence-electron chi connectivity index (χ3n) is 6.44. The van der Waals surface area contributed by atoms with Gasteiger partial charge in [0, 0.05) is 36.3 Å². The first-order valence-corrected chi connectivity index (χ1v) is 10.4. The summed E-state index contributed by atoms with van der Waals surface area (Å²) in [5, 5.41) is 20.5. The molecule has 3 rings (SSSR count). The Labute approximate surface area is 173 Å². The Morgan fingerprint density at radius 1 is 1.30 bits per heavy atom. The van der Waals surface area contributed by atoms with Crippen LogP contribution in [-0.4, -0.2) is 54.7 Å². The van der Waals surface area contributed by atoms with Gasteiger partial charge >= 0.3 is 6.18 Å². The Kier molecular flexibility index (Phi) is 6.72. The largest absolute Gasteiger partial charge is 0.403 e. The number of fused-ring (bicyclic) bond motifs is 1. The lowest BCUT2D eigenvalue weighted by atomic mass is 9.83. The van der Waals surface area contributed by atoms with Crippen LogP contribution in [0.3, 0.4) is 0 Å². The molecule has 0 aromatic rings. The molecule has 0 saturated carbocycles. The molecule has 4 N–H and O–H groups in total. The van der Waals surface area contributed by atoms with Gasteiger partial charge in [0.1, 0.15) is 6.04 Å². The number of hydrogen-bond donors (Lipinski definition) is 4. The number of nitrogens with zero attached hydrogens (tertiary/aromatic N) is 1. The fourth-order valence-corrected chi connectivity index (χ4v) is 4.59. The van der Waals surface area contributed by atoms with Crippen molar-refractivity contribution in [2.75, 3.05) is 6.54 Å². The summed E-state index contributed by atoms with van der Waals surface area (Å²) in [5.74, 6) is -0.770. The molecule has 5 unspecified atom stereocenters. The quantitative estimate of drug-likeness (QED) is 0.541. The van der Waals surface area contributed by atoms with E-state index in [4.69, 9.17) is 5.26 Å². The smallest absolute Gasteiger partial charge is 0.352 e. The van der Waals surface area contributed by atoms with Crippen LogP contribution >= 0.6 is 0 Å². The topological polar surface area (TPSA) is 106 Å². The second-order valence-electron chi connectivity index (χ2n) is 8.51. The first-order valence-electron chi connectivity index (χ1n) is 10.4. The highest BCUT2D eigenvalue weighted by molar-refractivity contribution is 6.00. The molecule has 0 bridgehead atoms. The van der Waals surface area contributed by atoms with Crippen molar-refractivity contribution < 1.29 is 22.8 Å². The van der Waals surface area contributed by atoms with E-state index in [1.807, 2.05) is 6.92 Å². The highest BCUT2D eigenvalue weighted by Crippen LogP contribution is 2.32. The predicted molar refractivity (Wildman–Crippen MR) is 103 cm³/mol. The Balaban J connectivity index is 1.62. The fraction of sp³-hybridized carbons (Fsp3) is 0.750. The van der Waals surface area contributed by atoms with Crippen molar-refractivity contribution in [2.45, 2.75) is 82.3 Å². The van der Waals surface area contributed by atoms with E-state index < -0.39 is 30.2 Å². The van der Waals surface area contributed by atoms with Crippen LogP contribution in [0.4, 0.5) is 13.2 Å². The molecular formula is C20H28F3N5O2. The highest BCUT2D eigenvalue weighted by Gasteiger charge is 2.47. The summed E-state index contributed by atoms with van der Waals surface area (Å²) < 4.78 is 39.4. The average Bonchev–Trinajstić information content (AvgIpc) is 2.70. The van der Waals surface area contributed by atoms with Gasteiger partial charge in [0.25, 0.3) is 0 Å². The van der Waals surface area contributed by atoms with E-state index in [2.05, 4.69) is 27.3 Å². The maximum atomic E-state index is 13.1. The van der Waals surface area contributed by atoms with Gasteiger partial charge in [-0.15, -0.1) is 0 Å². The Bertz CT molecular complexity index is 753. The number of hydrogen-bond acceptors (Lipinski definition) is 5. The molecule has 2 saturated heterocycles. The van der Waals surface area contributed by atoms with Crippen molar-refractivity contribution in [2.24, 2.45) is 5.92 Å². The predicted octanol–water partition coefficient (Wildman–Crippen LogP) is 1.27.